The van der Waals surface area contributed by atoms with Gasteiger partial charge in [0, 0.05) is 35.2 Å². The van der Waals surface area contributed by atoms with Crippen LogP contribution in [0.25, 0.3) is 0 Å². The zero-order valence-corrected chi connectivity index (χ0v) is 11.3. The van der Waals surface area contributed by atoms with E-state index >= 15 is 0 Å². The van der Waals surface area contributed by atoms with E-state index in [2.05, 4.69) is 6.92 Å². The van der Waals surface area contributed by atoms with Crippen LogP contribution in [-0.2, 0) is 9.59 Å². The van der Waals surface area contributed by atoms with Gasteiger partial charge in [-0.2, -0.15) is 11.8 Å². The summed E-state index contributed by atoms with van der Waals surface area (Å²) in [6, 6.07) is 0. The smallest absolute Gasteiger partial charge is 0.331 e. The molecule has 1 atom stereocenters. The Hall–Kier alpha value is -0.970. The van der Waals surface area contributed by atoms with Gasteiger partial charge < -0.3 is 10.0 Å². The van der Waals surface area contributed by atoms with Crippen LogP contribution in [-0.4, -0.2) is 46.0 Å². The third kappa shape index (κ3) is 3.49. The lowest BCUT2D eigenvalue weighted by Crippen LogP contribution is -2.42. The lowest BCUT2D eigenvalue weighted by atomic mass is 10.1. The molecule has 1 unspecified atom stereocenters. The summed E-state index contributed by atoms with van der Waals surface area (Å²) in [5.74, 6) is -0.221. The average molecular weight is 257 g/mol. The summed E-state index contributed by atoms with van der Waals surface area (Å²) in [5.41, 5.74) is 0.487. The van der Waals surface area contributed by atoms with Crippen LogP contribution in [0, 0.1) is 0 Å². The quantitative estimate of drug-likeness (QED) is 0.783. The molecule has 1 N–H and O–H groups in total. The summed E-state index contributed by atoms with van der Waals surface area (Å²) >= 11 is 1.88. The molecule has 0 aromatic heterocycles. The van der Waals surface area contributed by atoms with Gasteiger partial charge in [0.25, 0.3) is 0 Å². The number of hydrogen-bond donors (Lipinski definition) is 1. The Morgan fingerprint density at radius 3 is 2.53 bits per heavy atom. The highest BCUT2D eigenvalue weighted by Crippen LogP contribution is 2.22. The molecule has 0 bridgehead atoms. The van der Waals surface area contributed by atoms with E-state index in [0.29, 0.717) is 17.4 Å². The number of aliphatic carboxylic acids is 1. The Kier molecular flexibility index (Phi) is 5.05. The fourth-order valence-electron chi connectivity index (χ4n) is 1.71. The summed E-state index contributed by atoms with van der Waals surface area (Å²) < 4.78 is 0. The van der Waals surface area contributed by atoms with E-state index in [-0.39, 0.29) is 11.5 Å². The monoisotopic (exact) mass is 257 g/mol. The molecule has 1 amide bonds. The van der Waals surface area contributed by atoms with Crippen LogP contribution in [0.4, 0.5) is 0 Å². The van der Waals surface area contributed by atoms with Crippen molar-refractivity contribution < 1.29 is 14.7 Å². The van der Waals surface area contributed by atoms with Crippen LogP contribution in [0.3, 0.4) is 0 Å². The van der Waals surface area contributed by atoms with E-state index in [9.17, 15) is 9.59 Å². The van der Waals surface area contributed by atoms with Crippen molar-refractivity contribution in [3.05, 3.63) is 11.1 Å². The van der Waals surface area contributed by atoms with Crippen LogP contribution in [0.15, 0.2) is 11.1 Å². The van der Waals surface area contributed by atoms with Crippen LogP contribution in [0.1, 0.15) is 27.2 Å². The van der Waals surface area contributed by atoms with E-state index in [0.717, 1.165) is 18.7 Å². The highest BCUT2D eigenvalue weighted by Gasteiger charge is 2.25. The van der Waals surface area contributed by atoms with Crippen molar-refractivity contribution in [3.8, 4) is 0 Å². The van der Waals surface area contributed by atoms with Gasteiger partial charge in [0.2, 0.25) is 5.91 Å². The molecule has 1 heterocycles. The van der Waals surface area contributed by atoms with Gasteiger partial charge >= 0.3 is 5.97 Å². The molecule has 1 aliphatic heterocycles. The predicted octanol–water partition coefficient (Wildman–Crippen LogP) is 1.76. The number of thioether (sulfide) groups is 1. The molecular weight excluding hydrogens is 238 g/mol. The van der Waals surface area contributed by atoms with Crippen molar-refractivity contribution in [1.82, 2.24) is 4.90 Å². The van der Waals surface area contributed by atoms with Crippen molar-refractivity contribution in [2.45, 2.75) is 32.4 Å². The second-order valence-corrected chi connectivity index (χ2v) is 5.62. The molecule has 1 rings (SSSR count). The summed E-state index contributed by atoms with van der Waals surface area (Å²) in [4.78, 5) is 24.7. The molecule has 1 aliphatic rings. The minimum Gasteiger partial charge on any atom is -0.478 e. The van der Waals surface area contributed by atoms with Gasteiger partial charge in [0.15, 0.2) is 0 Å². The third-order valence-corrected chi connectivity index (χ3v) is 4.46. The Balaban J connectivity index is 2.76. The number of hydrogen-bond acceptors (Lipinski definition) is 3. The van der Waals surface area contributed by atoms with Crippen molar-refractivity contribution >= 4 is 23.6 Å². The predicted molar refractivity (Wildman–Crippen MR) is 69.1 cm³/mol. The molecule has 0 radical (unpaired) electrons. The van der Waals surface area contributed by atoms with E-state index in [1.165, 1.54) is 6.92 Å². The molecule has 4 nitrogen and oxygen atoms in total. The van der Waals surface area contributed by atoms with Gasteiger partial charge in [-0.3, -0.25) is 4.79 Å². The number of carboxylic acids is 1. The van der Waals surface area contributed by atoms with Crippen molar-refractivity contribution in [2.75, 3.05) is 18.8 Å². The third-order valence-electron chi connectivity index (χ3n) is 3.09. The Morgan fingerprint density at radius 2 is 2.00 bits per heavy atom. The molecule has 0 aromatic rings. The molecule has 0 aromatic carbocycles. The topological polar surface area (TPSA) is 57.6 Å². The lowest BCUT2D eigenvalue weighted by Gasteiger charge is -2.32. The molecule has 96 valence electrons. The highest BCUT2D eigenvalue weighted by atomic mass is 32.2. The number of nitrogens with zero attached hydrogens (tertiary/aromatic N) is 1. The number of amides is 1. The summed E-state index contributed by atoms with van der Waals surface area (Å²) in [6.45, 7) is 6.62. The second-order valence-electron chi connectivity index (χ2n) is 4.21. The first-order valence-corrected chi connectivity index (χ1v) is 6.83. The highest BCUT2D eigenvalue weighted by molar-refractivity contribution is 8.00. The average Bonchev–Trinajstić information content (AvgIpc) is 2.36. The number of carbonyl (C=O) groups excluding carboxylic acids is 1. The molecule has 1 fully saturated rings. The summed E-state index contributed by atoms with van der Waals surface area (Å²) in [7, 11) is 0. The fourth-order valence-corrected chi connectivity index (χ4v) is 2.89. The van der Waals surface area contributed by atoms with E-state index in [4.69, 9.17) is 5.11 Å². The first-order chi connectivity index (χ1) is 7.97. The van der Waals surface area contributed by atoms with E-state index in [1.807, 2.05) is 11.8 Å². The van der Waals surface area contributed by atoms with Gasteiger partial charge in [-0.15, -0.1) is 0 Å². The Morgan fingerprint density at radius 1 is 1.35 bits per heavy atom. The Labute approximate surface area is 106 Å². The molecular formula is C12H19NO3S. The van der Waals surface area contributed by atoms with Gasteiger partial charge in [-0.05, 0) is 20.3 Å². The zero-order valence-electron chi connectivity index (χ0n) is 10.5. The zero-order chi connectivity index (χ0) is 13.0. The number of carbonyl (C=O) groups is 2. The number of rotatable bonds is 3. The van der Waals surface area contributed by atoms with Gasteiger partial charge in [-0.1, -0.05) is 6.92 Å². The largest absolute Gasteiger partial charge is 0.478 e. The molecule has 17 heavy (non-hydrogen) atoms. The van der Waals surface area contributed by atoms with E-state index in [1.54, 1.807) is 11.8 Å². The summed E-state index contributed by atoms with van der Waals surface area (Å²) in [6.07, 6.45) is 1.04. The standard InChI is InChI=1S/C12H19NO3S/c1-4-10-7-13(5-6-17-10)11(14)8(2)9(3)12(15)16/h10H,4-7H2,1-3H3,(H,15,16). The van der Waals surface area contributed by atoms with Crippen LogP contribution < -0.4 is 0 Å². The minimum absolute atomic E-state index is 0.136. The number of carboxylic acid groups (broad SMARTS) is 1. The molecule has 1 saturated heterocycles. The van der Waals surface area contributed by atoms with Crippen LogP contribution >= 0.6 is 11.8 Å². The fraction of sp³-hybridized carbons (Fsp3) is 0.667. The summed E-state index contributed by atoms with van der Waals surface area (Å²) in [5, 5.41) is 9.34. The van der Waals surface area contributed by atoms with Crippen molar-refractivity contribution in [2.24, 2.45) is 0 Å². The van der Waals surface area contributed by atoms with Crippen molar-refractivity contribution in [3.63, 3.8) is 0 Å². The molecule has 0 spiro atoms. The maximum absolute atomic E-state index is 12.1. The van der Waals surface area contributed by atoms with Gasteiger partial charge in [0.1, 0.15) is 0 Å². The van der Waals surface area contributed by atoms with Gasteiger partial charge in [0.05, 0.1) is 0 Å². The normalized spacial score (nSPS) is 22.1. The van der Waals surface area contributed by atoms with Gasteiger partial charge in [-0.25, -0.2) is 4.79 Å². The first kappa shape index (κ1) is 14.1. The lowest BCUT2D eigenvalue weighted by molar-refractivity contribution is -0.133. The van der Waals surface area contributed by atoms with Crippen LogP contribution in [0.2, 0.25) is 0 Å². The maximum atomic E-state index is 12.1. The Bertz CT molecular complexity index is 352. The van der Waals surface area contributed by atoms with Crippen LogP contribution in [0.5, 0.6) is 0 Å². The second kappa shape index (κ2) is 6.10. The van der Waals surface area contributed by atoms with E-state index < -0.39 is 5.97 Å². The first-order valence-electron chi connectivity index (χ1n) is 5.79. The van der Waals surface area contributed by atoms with Crippen molar-refractivity contribution in [1.29, 1.82) is 0 Å². The molecule has 0 saturated carbocycles. The molecule has 5 heteroatoms. The maximum Gasteiger partial charge on any atom is 0.331 e. The SMILES string of the molecule is CCC1CN(C(=O)C(C)=C(C)C(=O)O)CCS1. The molecule has 0 aliphatic carbocycles. The minimum atomic E-state index is -1.02.